The minimum absolute atomic E-state index is 0.189. The van der Waals surface area contributed by atoms with Gasteiger partial charge >= 0.3 is 0 Å². The van der Waals surface area contributed by atoms with E-state index in [0.717, 1.165) is 22.2 Å². The smallest absolute Gasteiger partial charge is 0.254 e. The summed E-state index contributed by atoms with van der Waals surface area (Å²) in [4.78, 5) is 11.1. The molecule has 2 aromatic rings. The van der Waals surface area contributed by atoms with Gasteiger partial charge in [0.05, 0.1) is 12.3 Å². The average Bonchev–Trinajstić information content (AvgIpc) is 2.65. The summed E-state index contributed by atoms with van der Waals surface area (Å²) in [7, 11) is 1.99. The van der Waals surface area contributed by atoms with E-state index in [0.29, 0.717) is 0 Å². The van der Waals surface area contributed by atoms with E-state index in [9.17, 15) is 4.79 Å². The molecule has 1 heterocycles. The number of rotatable bonds is 3. The summed E-state index contributed by atoms with van der Waals surface area (Å²) < 4.78 is 2.08. The standard InChI is InChI=1S/C14H14N4O/c1-10-12(9-16-17-14(19)7-8-15)11-5-3-4-6-13(11)18(10)2/h3-6,9H,7H2,1-2H3,(H,17,19)/b16-9+. The molecule has 0 aliphatic rings. The molecular weight excluding hydrogens is 240 g/mol. The maximum atomic E-state index is 11.1. The molecule has 0 unspecified atom stereocenters. The van der Waals surface area contributed by atoms with E-state index in [1.807, 2.05) is 38.2 Å². The Labute approximate surface area is 111 Å². The van der Waals surface area contributed by atoms with Crippen LogP contribution in [-0.4, -0.2) is 16.7 Å². The number of nitrogens with one attached hydrogen (secondary N) is 1. The number of amides is 1. The van der Waals surface area contributed by atoms with Gasteiger partial charge in [-0.05, 0) is 13.0 Å². The Hall–Kier alpha value is -2.61. The van der Waals surface area contributed by atoms with E-state index >= 15 is 0 Å². The summed E-state index contributed by atoms with van der Waals surface area (Å²) in [6.45, 7) is 2.00. The Morgan fingerprint density at radius 3 is 3.00 bits per heavy atom. The normalized spacial score (nSPS) is 10.8. The summed E-state index contributed by atoms with van der Waals surface area (Å²) in [5.74, 6) is -0.406. The fraction of sp³-hybridized carbons (Fsp3) is 0.214. The fourth-order valence-electron chi connectivity index (χ4n) is 1.99. The van der Waals surface area contributed by atoms with E-state index in [1.54, 1.807) is 12.3 Å². The van der Waals surface area contributed by atoms with E-state index in [2.05, 4.69) is 15.1 Å². The largest absolute Gasteiger partial charge is 0.347 e. The van der Waals surface area contributed by atoms with Gasteiger partial charge in [-0.25, -0.2) is 5.43 Å². The number of hydrogen-bond donors (Lipinski definition) is 1. The van der Waals surface area contributed by atoms with Crippen molar-refractivity contribution in [3.63, 3.8) is 0 Å². The summed E-state index contributed by atoms with van der Waals surface area (Å²) in [6, 6.07) is 9.77. The molecule has 0 spiro atoms. The van der Waals surface area contributed by atoms with Gasteiger partial charge in [-0.15, -0.1) is 0 Å². The number of para-hydroxylation sites is 1. The molecule has 1 aromatic carbocycles. The minimum Gasteiger partial charge on any atom is -0.347 e. The second-order valence-corrected chi connectivity index (χ2v) is 4.20. The van der Waals surface area contributed by atoms with Crippen molar-refractivity contribution in [2.24, 2.45) is 12.1 Å². The molecule has 0 saturated heterocycles. The van der Waals surface area contributed by atoms with Crippen LogP contribution in [0.4, 0.5) is 0 Å². The Morgan fingerprint density at radius 1 is 1.53 bits per heavy atom. The van der Waals surface area contributed by atoms with Gasteiger partial charge in [0, 0.05) is 29.2 Å². The Bertz CT molecular complexity index is 691. The fourth-order valence-corrected chi connectivity index (χ4v) is 1.99. The molecule has 0 atom stereocenters. The van der Waals surface area contributed by atoms with Crippen molar-refractivity contribution < 1.29 is 4.79 Å². The number of fused-ring (bicyclic) bond motifs is 1. The second kappa shape index (κ2) is 5.36. The van der Waals surface area contributed by atoms with Crippen LogP contribution in [0.1, 0.15) is 17.7 Å². The molecule has 0 aliphatic heterocycles. The summed E-state index contributed by atoms with van der Waals surface area (Å²) in [5, 5.41) is 13.4. The zero-order valence-corrected chi connectivity index (χ0v) is 10.8. The lowest BCUT2D eigenvalue weighted by Crippen LogP contribution is -2.16. The molecule has 0 bridgehead atoms. The van der Waals surface area contributed by atoms with E-state index in [1.165, 1.54) is 0 Å². The highest BCUT2D eigenvalue weighted by atomic mass is 16.2. The van der Waals surface area contributed by atoms with Crippen LogP contribution in [0.5, 0.6) is 0 Å². The van der Waals surface area contributed by atoms with Gasteiger partial charge in [0.25, 0.3) is 5.91 Å². The molecule has 1 aromatic heterocycles. The highest BCUT2D eigenvalue weighted by Gasteiger charge is 2.09. The van der Waals surface area contributed by atoms with E-state index < -0.39 is 5.91 Å². The highest BCUT2D eigenvalue weighted by Crippen LogP contribution is 2.22. The molecule has 2 rings (SSSR count). The van der Waals surface area contributed by atoms with Gasteiger partial charge in [-0.1, -0.05) is 18.2 Å². The number of benzene rings is 1. The molecule has 5 heteroatoms. The van der Waals surface area contributed by atoms with Gasteiger partial charge in [0.15, 0.2) is 0 Å². The molecule has 0 saturated carbocycles. The third-order valence-corrected chi connectivity index (χ3v) is 3.07. The quantitative estimate of drug-likeness (QED) is 0.670. The first kappa shape index (κ1) is 12.8. The van der Waals surface area contributed by atoms with Crippen LogP contribution in [0, 0.1) is 18.3 Å². The maximum absolute atomic E-state index is 11.1. The van der Waals surface area contributed by atoms with Gasteiger partial charge in [-0.3, -0.25) is 4.79 Å². The van der Waals surface area contributed by atoms with Crippen LogP contribution in [-0.2, 0) is 11.8 Å². The molecule has 19 heavy (non-hydrogen) atoms. The van der Waals surface area contributed by atoms with Crippen molar-refractivity contribution in [3.05, 3.63) is 35.5 Å². The predicted octanol–water partition coefficient (Wildman–Crippen LogP) is 1.85. The SMILES string of the molecule is Cc1c(/C=N/NC(=O)CC#N)c2ccccc2n1C. The first-order chi connectivity index (χ1) is 9.15. The van der Waals surface area contributed by atoms with Crippen LogP contribution in [0.15, 0.2) is 29.4 Å². The zero-order chi connectivity index (χ0) is 13.8. The topological polar surface area (TPSA) is 70.2 Å². The van der Waals surface area contributed by atoms with Gasteiger partial charge in [-0.2, -0.15) is 10.4 Å². The average molecular weight is 254 g/mol. The number of nitrogens with zero attached hydrogens (tertiary/aromatic N) is 3. The third-order valence-electron chi connectivity index (χ3n) is 3.07. The molecular formula is C14H14N4O. The third kappa shape index (κ3) is 2.47. The molecule has 1 N–H and O–H groups in total. The van der Waals surface area contributed by atoms with Crippen molar-refractivity contribution in [1.29, 1.82) is 5.26 Å². The lowest BCUT2D eigenvalue weighted by Gasteiger charge is -1.97. The molecule has 1 amide bonds. The van der Waals surface area contributed by atoms with Crippen LogP contribution in [0.2, 0.25) is 0 Å². The monoisotopic (exact) mass is 254 g/mol. The first-order valence-corrected chi connectivity index (χ1v) is 5.88. The lowest BCUT2D eigenvalue weighted by atomic mass is 10.1. The van der Waals surface area contributed by atoms with Gasteiger partial charge in [0.2, 0.25) is 0 Å². The molecule has 5 nitrogen and oxygen atoms in total. The van der Waals surface area contributed by atoms with Crippen molar-refractivity contribution in [2.75, 3.05) is 0 Å². The number of carbonyl (C=O) groups excluding carboxylic acids is 1. The minimum atomic E-state index is -0.406. The Morgan fingerprint density at radius 2 is 2.26 bits per heavy atom. The first-order valence-electron chi connectivity index (χ1n) is 5.88. The number of carbonyl (C=O) groups is 1. The second-order valence-electron chi connectivity index (χ2n) is 4.20. The van der Waals surface area contributed by atoms with Crippen LogP contribution in [0.3, 0.4) is 0 Å². The van der Waals surface area contributed by atoms with E-state index in [-0.39, 0.29) is 6.42 Å². The van der Waals surface area contributed by atoms with Crippen molar-refractivity contribution in [2.45, 2.75) is 13.3 Å². The number of nitriles is 1. The summed E-state index contributed by atoms with van der Waals surface area (Å²) >= 11 is 0. The molecule has 0 fully saturated rings. The van der Waals surface area contributed by atoms with Crippen molar-refractivity contribution in [1.82, 2.24) is 9.99 Å². The Kier molecular flexibility index (Phi) is 3.62. The molecule has 96 valence electrons. The van der Waals surface area contributed by atoms with Crippen LogP contribution in [0.25, 0.3) is 10.9 Å². The lowest BCUT2D eigenvalue weighted by molar-refractivity contribution is -0.120. The predicted molar refractivity (Wildman–Crippen MR) is 73.6 cm³/mol. The maximum Gasteiger partial charge on any atom is 0.254 e. The number of aromatic nitrogens is 1. The number of aryl methyl sites for hydroxylation is 1. The number of hydrogen-bond acceptors (Lipinski definition) is 3. The molecule has 0 aliphatic carbocycles. The molecule has 0 radical (unpaired) electrons. The number of hydrazone groups is 1. The Balaban J connectivity index is 2.31. The van der Waals surface area contributed by atoms with Crippen LogP contribution >= 0.6 is 0 Å². The van der Waals surface area contributed by atoms with Crippen molar-refractivity contribution >= 4 is 23.0 Å². The van der Waals surface area contributed by atoms with Gasteiger partial charge < -0.3 is 4.57 Å². The van der Waals surface area contributed by atoms with Gasteiger partial charge in [0.1, 0.15) is 6.42 Å². The zero-order valence-electron chi connectivity index (χ0n) is 10.8. The highest BCUT2D eigenvalue weighted by molar-refractivity contribution is 6.01. The summed E-state index contributed by atoms with van der Waals surface area (Å²) in [6.07, 6.45) is 1.43. The van der Waals surface area contributed by atoms with E-state index in [4.69, 9.17) is 5.26 Å². The van der Waals surface area contributed by atoms with Crippen LogP contribution < -0.4 is 5.43 Å². The van der Waals surface area contributed by atoms with Crippen molar-refractivity contribution in [3.8, 4) is 6.07 Å². The summed E-state index contributed by atoms with van der Waals surface area (Å²) in [5.41, 5.74) is 5.48.